The maximum absolute atomic E-state index is 5.93. The number of nitrogens with two attached hydrogens (primary N) is 1. The summed E-state index contributed by atoms with van der Waals surface area (Å²) < 4.78 is 5.84. The zero-order valence-corrected chi connectivity index (χ0v) is 12.2. The smallest absolute Gasteiger partial charge is 0.131 e. The van der Waals surface area contributed by atoms with Gasteiger partial charge < -0.3 is 10.5 Å². The van der Waals surface area contributed by atoms with Gasteiger partial charge in [-0.1, -0.05) is 25.1 Å². The lowest BCUT2D eigenvalue weighted by molar-refractivity contribution is 0.297. The molecule has 2 rings (SSSR count). The summed E-state index contributed by atoms with van der Waals surface area (Å²) in [6, 6.07) is 7.88. The first kappa shape index (κ1) is 14.0. The molecule has 0 amide bonds. The van der Waals surface area contributed by atoms with Gasteiger partial charge in [0, 0.05) is 17.0 Å². The first-order chi connectivity index (χ1) is 9.20. The van der Waals surface area contributed by atoms with Crippen molar-refractivity contribution in [2.24, 2.45) is 5.73 Å². The van der Waals surface area contributed by atoms with E-state index in [0.717, 1.165) is 29.8 Å². The number of para-hydroxylation sites is 1. The van der Waals surface area contributed by atoms with E-state index in [2.05, 4.69) is 17.3 Å². The number of thiazole rings is 1. The van der Waals surface area contributed by atoms with E-state index in [1.807, 2.05) is 31.2 Å². The Labute approximate surface area is 118 Å². The van der Waals surface area contributed by atoms with Crippen molar-refractivity contribution >= 4 is 11.3 Å². The van der Waals surface area contributed by atoms with Gasteiger partial charge in [-0.05, 0) is 25.8 Å². The summed E-state index contributed by atoms with van der Waals surface area (Å²) >= 11 is 1.70. The lowest BCUT2D eigenvalue weighted by Gasteiger charge is -2.12. The minimum atomic E-state index is -0.0257. The Morgan fingerprint density at radius 3 is 2.89 bits per heavy atom. The second-order valence-electron chi connectivity index (χ2n) is 4.60. The van der Waals surface area contributed by atoms with Crippen LogP contribution in [0.5, 0.6) is 5.75 Å². The van der Waals surface area contributed by atoms with E-state index in [0.29, 0.717) is 6.61 Å². The number of hydrogen-bond donors (Lipinski definition) is 1. The van der Waals surface area contributed by atoms with E-state index in [1.165, 1.54) is 5.01 Å². The van der Waals surface area contributed by atoms with Crippen molar-refractivity contribution in [1.29, 1.82) is 0 Å². The largest absolute Gasteiger partial charge is 0.487 e. The topological polar surface area (TPSA) is 48.1 Å². The highest BCUT2D eigenvalue weighted by Gasteiger charge is 2.08. The van der Waals surface area contributed by atoms with Crippen LogP contribution in [0.25, 0.3) is 0 Å². The molecular formula is C15H20N2OS. The van der Waals surface area contributed by atoms with Crippen LogP contribution in [-0.4, -0.2) is 4.98 Å². The second-order valence-corrected chi connectivity index (χ2v) is 5.54. The van der Waals surface area contributed by atoms with Crippen molar-refractivity contribution in [2.75, 3.05) is 0 Å². The maximum atomic E-state index is 5.93. The van der Waals surface area contributed by atoms with E-state index in [4.69, 9.17) is 10.5 Å². The van der Waals surface area contributed by atoms with Gasteiger partial charge in [0.1, 0.15) is 12.4 Å². The molecule has 1 heterocycles. The standard InChI is InChI=1S/C15H20N2OS/c1-3-6-15-17-12(10-19-15)9-18-14-8-5-4-7-13(14)11(2)16/h4-5,7-8,10-11H,3,6,9,16H2,1-2H3/t11-/m1/s1. The highest BCUT2D eigenvalue weighted by atomic mass is 32.1. The van der Waals surface area contributed by atoms with Crippen LogP contribution < -0.4 is 10.5 Å². The van der Waals surface area contributed by atoms with Crippen LogP contribution in [0.2, 0.25) is 0 Å². The minimum Gasteiger partial charge on any atom is -0.487 e. The third-order valence-electron chi connectivity index (χ3n) is 2.85. The van der Waals surface area contributed by atoms with Crippen LogP contribution in [0, 0.1) is 0 Å². The SMILES string of the molecule is CCCc1nc(COc2ccccc2[C@@H](C)N)cs1. The Bertz CT molecular complexity index is 522. The lowest BCUT2D eigenvalue weighted by atomic mass is 10.1. The van der Waals surface area contributed by atoms with Gasteiger partial charge in [0.15, 0.2) is 0 Å². The Morgan fingerprint density at radius 1 is 1.37 bits per heavy atom. The molecule has 0 radical (unpaired) electrons. The monoisotopic (exact) mass is 276 g/mol. The van der Waals surface area contributed by atoms with Gasteiger partial charge in [0.05, 0.1) is 10.7 Å². The van der Waals surface area contributed by atoms with Gasteiger partial charge >= 0.3 is 0 Å². The molecule has 0 saturated heterocycles. The highest BCUT2D eigenvalue weighted by Crippen LogP contribution is 2.24. The molecular weight excluding hydrogens is 256 g/mol. The van der Waals surface area contributed by atoms with Crippen molar-refractivity contribution in [3.8, 4) is 5.75 Å². The Balaban J connectivity index is 2.01. The molecule has 0 fully saturated rings. The summed E-state index contributed by atoms with van der Waals surface area (Å²) in [6.07, 6.45) is 2.17. The van der Waals surface area contributed by atoms with Crippen LogP contribution in [0.4, 0.5) is 0 Å². The van der Waals surface area contributed by atoms with Gasteiger partial charge in [-0.2, -0.15) is 0 Å². The summed E-state index contributed by atoms with van der Waals surface area (Å²) in [5, 5.41) is 3.25. The second kappa shape index (κ2) is 6.68. The lowest BCUT2D eigenvalue weighted by Crippen LogP contribution is -2.08. The normalized spacial score (nSPS) is 12.4. The van der Waals surface area contributed by atoms with Crippen molar-refractivity contribution in [1.82, 2.24) is 4.98 Å². The molecule has 2 aromatic rings. The Kier molecular flexibility index (Phi) is 4.93. The van der Waals surface area contributed by atoms with E-state index in [9.17, 15) is 0 Å². The van der Waals surface area contributed by atoms with Crippen molar-refractivity contribution in [3.63, 3.8) is 0 Å². The molecule has 0 unspecified atom stereocenters. The van der Waals surface area contributed by atoms with E-state index in [1.54, 1.807) is 11.3 Å². The summed E-state index contributed by atoms with van der Waals surface area (Å²) in [5.41, 5.74) is 7.96. The molecule has 1 atom stereocenters. The molecule has 0 aliphatic rings. The van der Waals surface area contributed by atoms with Gasteiger partial charge in [0.2, 0.25) is 0 Å². The van der Waals surface area contributed by atoms with Crippen molar-refractivity contribution < 1.29 is 4.74 Å². The molecule has 102 valence electrons. The first-order valence-corrected chi connectivity index (χ1v) is 7.49. The number of hydrogen-bond acceptors (Lipinski definition) is 4. The summed E-state index contributed by atoms with van der Waals surface area (Å²) in [5.74, 6) is 0.850. The van der Waals surface area contributed by atoms with Gasteiger partial charge in [-0.3, -0.25) is 0 Å². The number of nitrogens with zero attached hydrogens (tertiary/aromatic N) is 1. The third-order valence-corrected chi connectivity index (χ3v) is 3.81. The zero-order valence-electron chi connectivity index (χ0n) is 11.4. The average Bonchev–Trinajstić information content (AvgIpc) is 2.85. The van der Waals surface area contributed by atoms with Gasteiger partial charge in [0.25, 0.3) is 0 Å². The molecule has 0 saturated carbocycles. The molecule has 0 aliphatic heterocycles. The number of benzene rings is 1. The molecule has 1 aromatic carbocycles. The van der Waals surface area contributed by atoms with E-state index >= 15 is 0 Å². The Morgan fingerprint density at radius 2 is 2.16 bits per heavy atom. The molecule has 1 aromatic heterocycles. The van der Waals surface area contributed by atoms with Crippen LogP contribution in [0.1, 0.15) is 42.6 Å². The first-order valence-electron chi connectivity index (χ1n) is 6.61. The fourth-order valence-corrected chi connectivity index (χ4v) is 2.77. The van der Waals surface area contributed by atoms with Crippen molar-refractivity contribution in [3.05, 3.63) is 45.9 Å². The zero-order chi connectivity index (χ0) is 13.7. The van der Waals surface area contributed by atoms with E-state index in [-0.39, 0.29) is 6.04 Å². The van der Waals surface area contributed by atoms with Gasteiger partial charge in [-0.25, -0.2) is 4.98 Å². The fourth-order valence-electron chi connectivity index (χ4n) is 1.88. The summed E-state index contributed by atoms with van der Waals surface area (Å²) in [7, 11) is 0. The quantitative estimate of drug-likeness (QED) is 0.875. The molecule has 19 heavy (non-hydrogen) atoms. The molecule has 0 aliphatic carbocycles. The number of aromatic nitrogens is 1. The average molecular weight is 276 g/mol. The van der Waals surface area contributed by atoms with E-state index < -0.39 is 0 Å². The molecule has 2 N–H and O–H groups in total. The predicted molar refractivity (Wildman–Crippen MR) is 79.5 cm³/mol. The van der Waals surface area contributed by atoms with Crippen LogP contribution in [-0.2, 0) is 13.0 Å². The number of rotatable bonds is 6. The molecule has 0 spiro atoms. The van der Waals surface area contributed by atoms with Gasteiger partial charge in [-0.15, -0.1) is 11.3 Å². The van der Waals surface area contributed by atoms with Crippen molar-refractivity contribution in [2.45, 2.75) is 39.3 Å². The van der Waals surface area contributed by atoms with Crippen LogP contribution in [0.3, 0.4) is 0 Å². The Hall–Kier alpha value is -1.39. The summed E-state index contributed by atoms with van der Waals surface area (Å²) in [6.45, 7) is 4.63. The fraction of sp³-hybridized carbons (Fsp3) is 0.400. The molecule has 3 nitrogen and oxygen atoms in total. The highest BCUT2D eigenvalue weighted by molar-refractivity contribution is 7.09. The number of aryl methyl sites for hydroxylation is 1. The van der Waals surface area contributed by atoms with Crippen LogP contribution >= 0.6 is 11.3 Å². The predicted octanol–water partition coefficient (Wildman–Crippen LogP) is 3.69. The van der Waals surface area contributed by atoms with Crippen LogP contribution in [0.15, 0.2) is 29.6 Å². The molecule has 0 bridgehead atoms. The third kappa shape index (κ3) is 3.78. The minimum absolute atomic E-state index is 0.0257. The molecule has 4 heteroatoms. The maximum Gasteiger partial charge on any atom is 0.131 e. The number of ether oxygens (including phenoxy) is 1. The summed E-state index contributed by atoms with van der Waals surface area (Å²) in [4.78, 5) is 4.55.